The lowest BCUT2D eigenvalue weighted by atomic mass is 10.0. The van der Waals surface area contributed by atoms with Crippen LogP contribution in [0.3, 0.4) is 0 Å². The minimum Gasteiger partial charge on any atom is -0.306 e. The van der Waals surface area contributed by atoms with Crippen LogP contribution in [0.15, 0.2) is 170 Å². The first-order valence-electron chi connectivity index (χ1n) is 19.4. The first kappa shape index (κ1) is 29.9. The van der Waals surface area contributed by atoms with E-state index in [0.29, 0.717) is 0 Å². The van der Waals surface area contributed by atoms with E-state index in [9.17, 15) is 0 Å². The summed E-state index contributed by atoms with van der Waals surface area (Å²) in [5, 5.41) is 14.7. The maximum Gasteiger partial charge on any atom is 0.165 e. The molecule has 0 N–H and O–H groups in total. The number of hydrogen-bond donors (Lipinski definition) is 0. The summed E-state index contributed by atoms with van der Waals surface area (Å²) in [7, 11) is 0. The van der Waals surface area contributed by atoms with Crippen molar-refractivity contribution in [1.82, 2.24) is 18.9 Å². The van der Waals surface area contributed by atoms with Gasteiger partial charge in [0.25, 0.3) is 0 Å². The minimum absolute atomic E-state index is 0.826. The van der Waals surface area contributed by atoms with Gasteiger partial charge >= 0.3 is 0 Å². The van der Waals surface area contributed by atoms with Crippen LogP contribution >= 0.6 is 11.3 Å². The molecule has 9 aromatic carbocycles. The maximum absolute atomic E-state index is 5.64. The molecule has 0 unspecified atom stereocenters. The highest BCUT2D eigenvalue weighted by atomic mass is 32.1. The minimum atomic E-state index is 0.826. The van der Waals surface area contributed by atoms with Crippen LogP contribution < -0.4 is 0 Å². The highest BCUT2D eigenvalue weighted by Gasteiger charge is 2.27. The Kier molecular flexibility index (Phi) is 5.62. The molecule has 5 heteroatoms. The molecule has 14 rings (SSSR count). The summed E-state index contributed by atoms with van der Waals surface area (Å²) >= 11 is 1.90. The Balaban J connectivity index is 1.27. The Hall–Kier alpha value is -7.34. The number of para-hydroxylation sites is 1. The Morgan fingerprint density at radius 2 is 1.11 bits per heavy atom. The van der Waals surface area contributed by atoms with Gasteiger partial charge in [-0.3, -0.25) is 4.57 Å². The molecule has 14 aromatic rings. The van der Waals surface area contributed by atoms with Gasteiger partial charge < -0.3 is 4.40 Å². The monoisotopic (exact) mass is 740 g/mol. The average molecular weight is 741 g/mol. The predicted molar refractivity (Wildman–Crippen MR) is 242 cm³/mol. The maximum atomic E-state index is 5.64. The van der Waals surface area contributed by atoms with Gasteiger partial charge in [0, 0.05) is 58.7 Å². The highest BCUT2D eigenvalue weighted by molar-refractivity contribution is 7.26. The molecule has 57 heavy (non-hydrogen) atoms. The zero-order valence-corrected chi connectivity index (χ0v) is 31.2. The summed E-state index contributed by atoms with van der Waals surface area (Å²) in [6.45, 7) is 0. The van der Waals surface area contributed by atoms with E-state index in [1.165, 1.54) is 79.8 Å². The van der Waals surface area contributed by atoms with Crippen LogP contribution in [0.5, 0.6) is 0 Å². The van der Waals surface area contributed by atoms with Crippen LogP contribution in [0.1, 0.15) is 0 Å². The molecule has 0 radical (unpaired) electrons. The number of rotatable bonds is 2. The number of aromatic nitrogens is 4. The normalized spacial score (nSPS) is 12.6. The number of benzene rings is 9. The van der Waals surface area contributed by atoms with E-state index in [0.717, 1.165) is 49.9 Å². The number of thiophene rings is 1. The molecule has 0 saturated carbocycles. The van der Waals surface area contributed by atoms with E-state index < -0.39 is 0 Å². The molecule has 0 aliphatic rings. The van der Waals surface area contributed by atoms with E-state index in [-0.39, 0.29) is 0 Å². The molecule has 4 nitrogen and oxygen atoms in total. The van der Waals surface area contributed by atoms with Crippen LogP contribution in [0.25, 0.3) is 130 Å². The Morgan fingerprint density at radius 3 is 2.00 bits per heavy atom. The average Bonchev–Trinajstić information content (AvgIpc) is 3.92. The fraction of sp³-hybridized carbons (Fsp3) is 0. The smallest absolute Gasteiger partial charge is 0.165 e. The molecule has 0 bridgehead atoms. The van der Waals surface area contributed by atoms with Crippen molar-refractivity contribution in [2.45, 2.75) is 0 Å². The van der Waals surface area contributed by atoms with Crippen molar-refractivity contribution >= 4 is 124 Å². The van der Waals surface area contributed by atoms with Gasteiger partial charge in [0.15, 0.2) is 5.82 Å². The molecule has 262 valence electrons. The summed E-state index contributed by atoms with van der Waals surface area (Å²) in [4.78, 5) is 11.2. The lowest BCUT2D eigenvalue weighted by molar-refractivity contribution is 1.08. The highest BCUT2D eigenvalue weighted by Crippen LogP contribution is 2.49. The van der Waals surface area contributed by atoms with Gasteiger partial charge in [-0.1, -0.05) is 146 Å². The molecule has 0 aliphatic carbocycles. The van der Waals surface area contributed by atoms with Gasteiger partial charge in [0.1, 0.15) is 5.69 Å². The second kappa shape index (κ2) is 10.7. The Bertz CT molecular complexity index is 4040. The molecule has 0 saturated heterocycles. The van der Waals surface area contributed by atoms with Crippen LogP contribution in [-0.4, -0.2) is 18.9 Å². The van der Waals surface area contributed by atoms with E-state index in [1.54, 1.807) is 0 Å². The Labute approximate surface area is 328 Å². The molecule has 0 fully saturated rings. The van der Waals surface area contributed by atoms with Crippen molar-refractivity contribution < 1.29 is 0 Å². The van der Waals surface area contributed by atoms with Crippen molar-refractivity contribution in [2.75, 3.05) is 0 Å². The fourth-order valence-corrected chi connectivity index (χ4v) is 11.3. The van der Waals surface area contributed by atoms with Crippen molar-refractivity contribution in [2.24, 2.45) is 0 Å². The van der Waals surface area contributed by atoms with E-state index in [1.807, 2.05) is 11.3 Å². The number of fused-ring (bicyclic) bond motifs is 14. The summed E-state index contributed by atoms with van der Waals surface area (Å²) in [5.74, 6) is 0.826. The molecule has 5 heterocycles. The largest absolute Gasteiger partial charge is 0.306 e. The second-order valence-electron chi connectivity index (χ2n) is 15.3. The predicted octanol–water partition coefficient (Wildman–Crippen LogP) is 14.2. The van der Waals surface area contributed by atoms with E-state index in [4.69, 9.17) is 9.97 Å². The van der Waals surface area contributed by atoms with Crippen LogP contribution in [0.4, 0.5) is 0 Å². The summed E-state index contributed by atoms with van der Waals surface area (Å²) in [6.07, 6.45) is 0. The molecular weight excluding hydrogens is 713 g/mol. The summed E-state index contributed by atoms with van der Waals surface area (Å²) in [5.41, 5.74) is 9.64. The van der Waals surface area contributed by atoms with Gasteiger partial charge in [-0.2, -0.15) is 0 Å². The zero-order chi connectivity index (χ0) is 36.9. The van der Waals surface area contributed by atoms with Crippen molar-refractivity contribution in [1.29, 1.82) is 0 Å². The van der Waals surface area contributed by atoms with Crippen molar-refractivity contribution in [3.05, 3.63) is 170 Å². The first-order chi connectivity index (χ1) is 28.3. The lowest BCUT2D eigenvalue weighted by Gasteiger charge is -2.16. The lowest BCUT2D eigenvalue weighted by Crippen LogP contribution is -2.04. The molecule has 0 spiro atoms. The third-order valence-corrected chi connectivity index (χ3v) is 13.6. The van der Waals surface area contributed by atoms with E-state index in [2.05, 4.69) is 179 Å². The third kappa shape index (κ3) is 3.77. The molecule has 0 amide bonds. The van der Waals surface area contributed by atoms with Crippen LogP contribution in [0, 0.1) is 0 Å². The summed E-state index contributed by atoms with van der Waals surface area (Å²) < 4.78 is 7.66. The topological polar surface area (TPSA) is 35.1 Å². The number of nitrogens with zero attached hydrogens (tertiary/aromatic N) is 4. The molecule has 0 atom stereocenters. The Morgan fingerprint density at radius 1 is 0.421 bits per heavy atom. The van der Waals surface area contributed by atoms with Gasteiger partial charge in [-0.25, -0.2) is 9.97 Å². The first-order valence-corrected chi connectivity index (χ1v) is 20.2. The molecular formula is C52H28N4S. The standard InChI is InChI=1S/C52H28N4S/c1-2-13-30(14-3-1)46-52(53-40-27-24-29-12-4-6-16-32(29)47(40)54-46)56-41-22-11-19-35-36-20-10-21-37-38-25-26-39-34-18-8-9-23-43(34)57-51(39)50(38)55(48(36)37)42-28-31-15-5-7-17-33(31)49(56)45(42)44(35)41/h1-28H. The summed E-state index contributed by atoms with van der Waals surface area (Å²) in [6, 6.07) is 61.9. The van der Waals surface area contributed by atoms with Gasteiger partial charge in [-0.05, 0) is 40.4 Å². The van der Waals surface area contributed by atoms with E-state index >= 15 is 0 Å². The SMILES string of the molecule is c1ccc(-c2nc3c(ccc4ccccc43)nc2-n2c3cccc4c5cccc6c7ccc8c9ccccc9sc8c7n(c7cc8ccccc8c2c7c43)c56)cc1. The van der Waals surface area contributed by atoms with Crippen molar-refractivity contribution in [3.8, 4) is 17.1 Å². The fourth-order valence-electron chi connectivity index (χ4n) is 10.0. The van der Waals surface area contributed by atoms with Gasteiger partial charge in [0.2, 0.25) is 0 Å². The quantitative estimate of drug-likeness (QED) is 0.165. The molecule has 0 aliphatic heterocycles. The molecule has 5 aromatic heterocycles. The third-order valence-electron chi connectivity index (χ3n) is 12.4. The van der Waals surface area contributed by atoms with Gasteiger partial charge in [-0.15, -0.1) is 11.3 Å². The van der Waals surface area contributed by atoms with Crippen LogP contribution in [0.2, 0.25) is 0 Å². The number of hydrogen-bond acceptors (Lipinski definition) is 3. The second-order valence-corrected chi connectivity index (χ2v) is 16.3. The van der Waals surface area contributed by atoms with Crippen molar-refractivity contribution in [3.63, 3.8) is 0 Å². The van der Waals surface area contributed by atoms with Crippen LogP contribution in [-0.2, 0) is 0 Å². The zero-order valence-electron chi connectivity index (χ0n) is 30.4. The van der Waals surface area contributed by atoms with Gasteiger partial charge in [0.05, 0.1) is 43.3 Å².